The first-order valence-corrected chi connectivity index (χ1v) is 7.31. The Labute approximate surface area is 117 Å². The highest BCUT2D eigenvalue weighted by Crippen LogP contribution is 2.37. The third kappa shape index (κ3) is 1.69. The Kier molecular flexibility index (Phi) is 2.63. The molecule has 2 N–H and O–H groups in total. The van der Waals surface area contributed by atoms with E-state index in [4.69, 9.17) is 14.5 Å². The molecule has 0 bridgehead atoms. The van der Waals surface area contributed by atoms with Gasteiger partial charge in [0.2, 0.25) is 0 Å². The lowest BCUT2D eigenvalue weighted by molar-refractivity contribution is 0.172. The topological polar surface area (TPSA) is 59.2 Å². The standard InChI is InChI=1S/C15H19N3O2/c1-2-15(3-4-16-9-15)14-17-10-7-12-13(8-11(10)18-14)20-6-5-19-12/h7-8,16H,2-6,9H2,1H3,(H,17,18). The molecule has 2 aliphatic heterocycles. The van der Waals surface area contributed by atoms with Crippen LogP contribution in [-0.4, -0.2) is 36.3 Å². The van der Waals surface area contributed by atoms with Gasteiger partial charge in [-0.1, -0.05) is 6.92 Å². The normalized spacial score (nSPS) is 25.2. The summed E-state index contributed by atoms with van der Waals surface area (Å²) in [5.74, 6) is 2.70. The molecule has 5 heteroatoms. The van der Waals surface area contributed by atoms with Crippen molar-refractivity contribution in [2.45, 2.75) is 25.2 Å². The van der Waals surface area contributed by atoms with Crippen molar-refractivity contribution in [2.24, 2.45) is 0 Å². The molecule has 0 saturated carbocycles. The number of nitrogens with one attached hydrogen (secondary N) is 2. The minimum absolute atomic E-state index is 0.140. The number of fused-ring (bicyclic) bond motifs is 2. The summed E-state index contributed by atoms with van der Waals surface area (Å²) < 4.78 is 11.3. The largest absolute Gasteiger partial charge is 0.486 e. The molecule has 106 valence electrons. The minimum Gasteiger partial charge on any atom is -0.486 e. The lowest BCUT2D eigenvalue weighted by atomic mass is 9.83. The monoisotopic (exact) mass is 273 g/mol. The van der Waals surface area contributed by atoms with Gasteiger partial charge in [0.25, 0.3) is 0 Å². The van der Waals surface area contributed by atoms with Crippen LogP contribution in [0.5, 0.6) is 11.5 Å². The molecule has 4 rings (SSSR count). The number of hydrogen-bond donors (Lipinski definition) is 2. The molecule has 0 aliphatic carbocycles. The molecular formula is C15H19N3O2. The number of aromatic amines is 1. The lowest BCUT2D eigenvalue weighted by Gasteiger charge is -2.23. The van der Waals surface area contributed by atoms with Crippen LogP contribution in [0.3, 0.4) is 0 Å². The van der Waals surface area contributed by atoms with Gasteiger partial charge in [-0.25, -0.2) is 4.98 Å². The number of ether oxygens (including phenoxy) is 2. The third-order valence-corrected chi connectivity index (χ3v) is 4.57. The SMILES string of the molecule is CCC1(c2nc3cc4c(cc3[nH]2)OCCO4)CCNC1. The van der Waals surface area contributed by atoms with Crippen LogP contribution in [0.1, 0.15) is 25.6 Å². The van der Waals surface area contributed by atoms with Crippen LogP contribution in [0.2, 0.25) is 0 Å². The Hall–Kier alpha value is -1.75. The van der Waals surface area contributed by atoms with Gasteiger partial charge in [-0.3, -0.25) is 0 Å². The summed E-state index contributed by atoms with van der Waals surface area (Å²) >= 11 is 0. The van der Waals surface area contributed by atoms with Crippen molar-refractivity contribution in [2.75, 3.05) is 26.3 Å². The quantitative estimate of drug-likeness (QED) is 0.878. The zero-order chi connectivity index (χ0) is 13.6. The molecule has 2 aromatic rings. The molecular weight excluding hydrogens is 254 g/mol. The second kappa shape index (κ2) is 4.38. The average Bonchev–Trinajstić information content (AvgIpc) is 3.11. The molecule has 1 aromatic carbocycles. The van der Waals surface area contributed by atoms with Gasteiger partial charge in [0.05, 0.1) is 11.0 Å². The highest BCUT2D eigenvalue weighted by molar-refractivity contribution is 5.80. The molecule has 1 atom stereocenters. The molecule has 1 unspecified atom stereocenters. The summed E-state index contributed by atoms with van der Waals surface area (Å²) in [4.78, 5) is 8.31. The van der Waals surface area contributed by atoms with Gasteiger partial charge in [-0.2, -0.15) is 0 Å². The summed E-state index contributed by atoms with van der Waals surface area (Å²) in [5.41, 5.74) is 2.13. The number of H-pyrrole nitrogens is 1. The van der Waals surface area contributed by atoms with Crippen molar-refractivity contribution < 1.29 is 9.47 Å². The first-order valence-electron chi connectivity index (χ1n) is 7.31. The van der Waals surface area contributed by atoms with Crippen molar-refractivity contribution >= 4 is 11.0 Å². The third-order valence-electron chi connectivity index (χ3n) is 4.57. The maximum Gasteiger partial charge on any atom is 0.163 e. The zero-order valence-corrected chi connectivity index (χ0v) is 11.7. The van der Waals surface area contributed by atoms with Crippen molar-refractivity contribution in [1.82, 2.24) is 15.3 Å². The van der Waals surface area contributed by atoms with Crippen LogP contribution in [0.15, 0.2) is 12.1 Å². The van der Waals surface area contributed by atoms with E-state index in [0.717, 1.165) is 54.3 Å². The van der Waals surface area contributed by atoms with Crippen molar-refractivity contribution in [1.29, 1.82) is 0 Å². The van der Waals surface area contributed by atoms with Crippen LogP contribution in [0, 0.1) is 0 Å². The fourth-order valence-corrected chi connectivity index (χ4v) is 3.21. The highest BCUT2D eigenvalue weighted by Gasteiger charge is 2.36. The van der Waals surface area contributed by atoms with Crippen molar-refractivity contribution in [3.05, 3.63) is 18.0 Å². The van der Waals surface area contributed by atoms with Crippen LogP contribution >= 0.6 is 0 Å². The van der Waals surface area contributed by atoms with Gasteiger partial charge in [-0.15, -0.1) is 0 Å². The maximum absolute atomic E-state index is 5.63. The molecule has 1 aromatic heterocycles. The molecule has 2 aliphatic rings. The number of benzene rings is 1. The van der Waals surface area contributed by atoms with Gasteiger partial charge in [0, 0.05) is 24.1 Å². The van der Waals surface area contributed by atoms with Crippen LogP contribution < -0.4 is 14.8 Å². The average molecular weight is 273 g/mol. The molecule has 0 amide bonds. The number of aromatic nitrogens is 2. The summed E-state index contributed by atoms with van der Waals surface area (Å²) in [6.07, 6.45) is 2.22. The van der Waals surface area contributed by atoms with E-state index in [1.54, 1.807) is 0 Å². The summed E-state index contributed by atoms with van der Waals surface area (Å²) in [7, 11) is 0. The minimum atomic E-state index is 0.140. The first-order chi connectivity index (χ1) is 9.81. The number of rotatable bonds is 2. The van der Waals surface area contributed by atoms with E-state index in [1.807, 2.05) is 12.1 Å². The van der Waals surface area contributed by atoms with Crippen LogP contribution in [0.4, 0.5) is 0 Å². The fraction of sp³-hybridized carbons (Fsp3) is 0.533. The number of imidazole rings is 1. The molecule has 3 heterocycles. The van der Waals surface area contributed by atoms with E-state index in [1.165, 1.54) is 0 Å². The molecule has 0 radical (unpaired) electrons. The Morgan fingerprint density at radius 3 is 2.75 bits per heavy atom. The molecule has 5 nitrogen and oxygen atoms in total. The van der Waals surface area contributed by atoms with Gasteiger partial charge < -0.3 is 19.8 Å². The smallest absolute Gasteiger partial charge is 0.163 e. The lowest BCUT2D eigenvalue weighted by Crippen LogP contribution is -2.29. The highest BCUT2D eigenvalue weighted by atomic mass is 16.6. The van der Waals surface area contributed by atoms with Gasteiger partial charge in [0.15, 0.2) is 11.5 Å². The van der Waals surface area contributed by atoms with Crippen molar-refractivity contribution in [3.63, 3.8) is 0 Å². The molecule has 1 saturated heterocycles. The van der Waals surface area contributed by atoms with Gasteiger partial charge in [-0.05, 0) is 19.4 Å². The predicted octanol–water partition coefficient (Wildman–Crippen LogP) is 1.98. The Morgan fingerprint density at radius 1 is 1.25 bits per heavy atom. The van der Waals surface area contributed by atoms with Crippen molar-refractivity contribution in [3.8, 4) is 11.5 Å². The Balaban J connectivity index is 1.82. The van der Waals surface area contributed by atoms with E-state index >= 15 is 0 Å². The van der Waals surface area contributed by atoms with E-state index in [0.29, 0.717) is 13.2 Å². The van der Waals surface area contributed by atoms with E-state index < -0.39 is 0 Å². The second-order valence-electron chi connectivity index (χ2n) is 5.66. The van der Waals surface area contributed by atoms with E-state index in [-0.39, 0.29) is 5.41 Å². The van der Waals surface area contributed by atoms with Crippen LogP contribution in [0.25, 0.3) is 11.0 Å². The first kappa shape index (κ1) is 12.0. The van der Waals surface area contributed by atoms with E-state index in [2.05, 4.69) is 17.2 Å². The van der Waals surface area contributed by atoms with Gasteiger partial charge in [0.1, 0.15) is 19.0 Å². The zero-order valence-electron chi connectivity index (χ0n) is 11.7. The number of hydrogen-bond acceptors (Lipinski definition) is 4. The van der Waals surface area contributed by atoms with E-state index in [9.17, 15) is 0 Å². The Morgan fingerprint density at radius 2 is 2.05 bits per heavy atom. The summed E-state index contributed by atoms with van der Waals surface area (Å²) in [6.45, 7) is 5.52. The Bertz CT molecular complexity index is 601. The fourth-order valence-electron chi connectivity index (χ4n) is 3.21. The number of nitrogens with zero attached hydrogens (tertiary/aromatic N) is 1. The molecule has 0 spiro atoms. The molecule has 1 fully saturated rings. The van der Waals surface area contributed by atoms with Crippen LogP contribution in [-0.2, 0) is 5.41 Å². The predicted molar refractivity (Wildman–Crippen MR) is 76.5 cm³/mol. The second-order valence-corrected chi connectivity index (χ2v) is 5.66. The van der Waals surface area contributed by atoms with Gasteiger partial charge >= 0.3 is 0 Å². The summed E-state index contributed by atoms with van der Waals surface area (Å²) in [5, 5.41) is 3.45. The molecule has 20 heavy (non-hydrogen) atoms. The summed E-state index contributed by atoms with van der Waals surface area (Å²) in [6, 6.07) is 3.99. The maximum atomic E-state index is 5.63.